The normalized spacial score (nSPS) is 21.9. The van der Waals surface area contributed by atoms with Crippen molar-refractivity contribution in [3.63, 3.8) is 0 Å². The number of carbonyl (C=O) groups excluding carboxylic acids is 2. The maximum atomic E-state index is 12.8. The third-order valence-electron chi connectivity index (χ3n) is 5.76. The van der Waals surface area contributed by atoms with Crippen molar-refractivity contribution in [1.82, 2.24) is 14.9 Å². The van der Waals surface area contributed by atoms with E-state index < -0.39 is 16.1 Å². The van der Waals surface area contributed by atoms with Crippen LogP contribution in [-0.2, 0) is 24.3 Å². The number of benzene rings is 1. The minimum absolute atomic E-state index is 0.0525. The van der Waals surface area contributed by atoms with E-state index >= 15 is 0 Å². The average molecular weight is 438 g/mol. The van der Waals surface area contributed by atoms with Gasteiger partial charge in [-0.1, -0.05) is 17.7 Å². The molecule has 30 heavy (non-hydrogen) atoms. The first kappa shape index (κ1) is 22.7. The number of piperidine rings is 1. The first-order valence-corrected chi connectivity index (χ1v) is 12.0. The van der Waals surface area contributed by atoms with E-state index in [2.05, 4.69) is 10.6 Å². The number of carbonyl (C=O) groups is 2. The van der Waals surface area contributed by atoms with Crippen LogP contribution < -0.4 is 10.6 Å². The van der Waals surface area contributed by atoms with Gasteiger partial charge in [0, 0.05) is 32.2 Å². The summed E-state index contributed by atoms with van der Waals surface area (Å²) in [7, 11) is -3.55. The number of amides is 2. The molecule has 2 fully saturated rings. The Morgan fingerprint density at radius 3 is 2.43 bits per heavy atom. The van der Waals surface area contributed by atoms with Crippen LogP contribution in [-0.4, -0.2) is 62.9 Å². The number of ether oxygens (including phenoxy) is 1. The molecule has 8 nitrogen and oxygen atoms in total. The zero-order valence-electron chi connectivity index (χ0n) is 17.6. The molecule has 0 unspecified atom stereocenters. The van der Waals surface area contributed by atoms with Gasteiger partial charge in [-0.2, -0.15) is 4.31 Å². The molecule has 1 aromatic rings. The molecule has 2 amide bonds. The highest BCUT2D eigenvalue weighted by Gasteiger charge is 2.33. The molecule has 2 atom stereocenters. The fraction of sp³-hybridized carbons (Fsp3) is 0.619. The number of hydrogen-bond donors (Lipinski definition) is 2. The van der Waals surface area contributed by atoms with Crippen LogP contribution in [0.15, 0.2) is 29.2 Å². The maximum absolute atomic E-state index is 12.8. The number of aryl methyl sites for hydroxylation is 1. The summed E-state index contributed by atoms with van der Waals surface area (Å²) in [6, 6.07) is 6.13. The summed E-state index contributed by atoms with van der Waals surface area (Å²) in [5.74, 6) is -0.747. The number of nitrogens with zero attached hydrogens (tertiary/aromatic N) is 1. The van der Waals surface area contributed by atoms with Gasteiger partial charge in [0.2, 0.25) is 21.8 Å². The Labute approximate surface area is 178 Å². The van der Waals surface area contributed by atoms with Gasteiger partial charge in [-0.15, -0.1) is 0 Å². The molecule has 9 heteroatoms. The lowest BCUT2D eigenvalue weighted by Gasteiger charge is -2.31. The number of nitrogens with one attached hydrogen (secondary N) is 2. The number of rotatable bonds is 7. The van der Waals surface area contributed by atoms with E-state index in [1.54, 1.807) is 31.2 Å². The van der Waals surface area contributed by atoms with Crippen molar-refractivity contribution in [1.29, 1.82) is 0 Å². The van der Waals surface area contributed by atoms with Crippen molar-refractivity contribution in [3.8, 4) is 0 Å². The summed E-state index contributed by atoms with van der Waals surface area (Å²) in [5.41, 5.74) is 0.998. The van der Waals surface area contributed by atoms with Crippen molar-refractivity contribution in [2.45, 2.75) is 56.6 Å². The summed E-state index contributed by atoms with van der Waals surface area (Å²) < 4.78 is 32.5. The Bertz CT molecular complexity index is 842. The minimum Gasteiger partial charge on any atom is -0.376 e. The highest BCUT2D eigenvalue weighted by molar-refractivity contribution is 7.89. The first-order valence-electron chi connectivity index (χ1n) is 10.5. The minimum atomic E-state index is -3.55. The molecule has 0 radical (unpaired) electrons. The fourth-order valence-electron chi connectivity index (χ4n) is 3.79. The lowest BCUT2D eigenvalue weighted by molar-refractivity contribution is -0.131. The predicted octanol–water partition coefficient (Wildman–Crippen LogP) is 1.20. The third-order valence-corrected chi connectivity index (χ3v) is 7.68. The summed E-state index contributed by atoms with van der Waals surface area (Å²) in [6.45, 7) is 5.31. The van der Waals surface area contributed by atoms with Gasteiger partial charge >= 0.3 is 0 Å². The van der Waals surface area contributed by atoms with Crippen LogP contribution in [0.4, 0.5) is 0 Å². The van der Waals surface area contributed by atoms with Crippen LogP contribution in [0.25, 0.3) is 0 Å². The SMILES string of the molecule is Cc1ccc(S(=O)(=O)N2CCC(C(=O)N[C@@H](C)C(=O)NC[C@@H]3CCCO3)CC2)cc1. The van der Waals surface area contributed by atoms with Crippen LogP contribution in [0.5, 0.6) is 0 Å². The molecule has 0 spiro atoms. The van der Waals surface area contributed by atoms with Gasteiger partial charge in [-0.05, 0) is 51.7 Å². The van der Waals surface area contributed by atoms with Crippen LogP contribution in [0.3, 0.4) is 0 Å². The van der Waals surface area contributed by atoms with E-state index in [1.165, 1.54) is 4.31 Å². The van der Waals surface area contributed by atoms with E-state index in [0.29, 0.717) is 19.4 Å². The second-order valence-electron chi connectivity index (χ2n) is 8.10. The third kappa shape index (κ3) is 5.59. The summed E-state index contributed by atoms with van der Waals surface area (Å²) in [5, 5.41) is 5.57. The molecular formula is C21H31N3O5S. The highest BCUT2D eigenvalue weighted by atomic mass is 32.2. The lowest BCUT2D eigenvalue weighted by Crippen LogP contribution is -2.50. The van der Waals surface area contributed by atoms with E-state index in [0.717, 1.165) is 25.0 Å². The van der Waals surface area contributed by atoms with Gasteiger partial charge in [-0.25, -0.2) is 8.42 Å². The molecule has 2 aliphatic rings. The largest absolute Gasteiger partial charge is 0.376 e. The van der Waals surface area contributed by atoms with Crippen molar-refractivity contribution in [3.05, 3.63) is 29.8 Å². The molecular weight excluding hydrogens is 406 g/mol. The molecule has 2 saturated heterocycles. The van der Waals surface area contributed by atoms with Gasteiger partial charge in [-0.3, -0.25) is 9.59 Å². The maximum Gasteiger partial charge on any atom is 0.243 e. The zero-order chi connectivity index (χ0) is 21.7. The zero-order valence-corrected chi connectivity index (χ0v) is 18.4. The van der Waals surface area contributed by atoms with Crippen LogP contribution in [0.2, 0.25) is 0 Å². The standard InChI is InChI=1S/C21H31N3O5S/c1-15-5-7-19(8-6-15)30(27,28)24-11-9-17(10-12-24)21(26)23-16(2)20(25)22-14-18-4-3-13-29-18/h5-8,16-18H,3-4,9-14H2,1-2H3,(H,22,25)(H,23,26)/t16-,18-/m0/s1. The molecule has 2 N–H and O–H groups in total. The van der Waals surface area contributed by atoms with E-state index in [1.807, 2.05) is 6.92 Å². The first-order chi connectivity index (χ1) is 14.3. The second kappa shape index (κ2) is 9.89. The Balaban J connectivity index is 1.46. The van der Waals surface area contributed by atoms with Gasteiger partial charge in [0.25, 0.3) is 0 Å². The molecule has 166 valence electrons. The van der Waals surface area contributed by atoms with Crippen molar-refractivity contribution < 1.29 is 22.7 Å². The Kier molecular flexibility index (Phi) is 7.49. The molecule has 0 bridgehead atoms. The second-order valence-corrected chi connectivity index (χ2v) is 10.0. The monoisotopic (exact) mass is 437 g/mol. The van der Waals surface area contributed by atoms with Gasteiger partial charge in [0.15, 0.2) is 0 Å². The van der Waals surface area contributed by atoms with Crippen molar-refractivity contribution in [2.24, 2.45) is 5.92 Å². The van der Waals surface area contributed by atoms with Crippen LogP contribution in [0, 0.1) is 12.8 Å². The molecule has 2 aliphatic heterocycles. The van der Waals surface area contributed by atoms with Gasteiger partial charge < -0.3 is 15.4 Å². The van der Waals surface area contributed by atoms with Crippen molar-refractivity contribution >= 4 is 21.8 Å². The summed E-state index contributed by atoms with van der Waals surface area (Å²) >= 11 is 0. The number of hydrogen-bond acceptors (Lipinski definition) is 5. The lowest BCUT2D eigenvalue weighted by atomic mass is 9.97. The molecule has 1 aromatic carbocycles. The molecule has 0 aliphatic carbocycles. The van der Waals surface area contributed by atoms with Gasteiger partial charge in [0.1, 0.15) is 6.04 Å². The molecule has 2 heterocycles. The Morgan fingerprint density at radius 1 is 1.17 bits per heavy atom. The van der Waals surface area contributed by atoms with E-state index in [9.17, 15) is 18.0 Å². The van der Waals surface area contributed by atoms with E-state index in [-0.39, 0.29) is 41.8 Å². The van der Waals surface area contributed by atoms with Gasteiger partial charge in [0.05, 0.1) is 11.0 Å². The topological polar surface area (TPSA) is 105 Å². The van der Waals surface area contributed by atoms with Crippen molar-refractivity contribution in [2.75, 3.05) is 26.2 Å². The highest BCUT2D eigenvalue weighted by Crippen LogP contribution is 2.24. The molecule has 0 aromatic heterocycles. The van der Waals surface area contributed by atoms with Crippen LogP contribution >= 0.6 is 0 Å². The summed E-state index contributed by atoms with van der Waals surface area (Å²) in [6.07, 6.45) is 2.86. The predicted molar refractivity (Wildman–Crippen MR) is 112 cm³/mol. The summed E-state index contributed by atoms with van der Waals surface area (Å²) in [4.78, 5) is 25.0. The molecule has 3 rings (SSSR count). The number of sulfonamides is 1. The molecule has 0 saturated carbocycles. The Hall–Kier alpha value is -1.97. The van der Waals surface area contributed by atoms with E-state index in [4.69, 9.17) is 4.74 Å². The smallest absolute Gasteiger partial charge is 0.243 e. The Morgan fingerprint density at radius 2 is 1.83 bits per heavy atom. The van der Waals surface area contributed by atoms with Crippen LogP contribution in [0.1, 0.15) is 38.2 Å². The quantitative estimate of drug-likeness (QED) is 0.667. The average Bonchev–Trinajstić information content (AvgIpc) is 3.26. The fourth-order valence-corrected chi connectivity index (χ4v) is 5.26.